The van der Waals surface area contributed by atoms with Gasteiger partial charge in [0, 0.05) is 28.1 Å². The average molecular weight is 403 g/mol. The molecule has 0 aliphatic heterocycles. The van der Waals surface area contributed by atoms with Crippen molar-refractivity contribution in [3.8, 4) is 11.5 Å². The summed E-state index contributed by atoms with van der Waals surface area (Å²) in [5, 5.41) is 1.23. The molecule has 1 aromatic heterocycles. The van der Waals surface area contributed by atoms with Gasteiger partial charge in [0.1, 0.15) is 23.7 Å². The third kappa shape index (κ3) is 4.46. The van der Waals surface area contributed by atoms with Crippen molar-refractivity contribution in [3.05, 3.63) is 69.5 Å². The Morgan fingerprint density at radius 2 is 1.75 bits per heavy atom. The quantitative estimate of drug-likeness (QED) is 0.450. The summed E-state index contributed by atoms with van der Waals surface area (Å²) >= 11 is 5.85. The highest BCUT2D eigenvalue weighted by Crippen LogP contribution is 2.25. The van der Waals surface area contributed by atoms with Crippen molar-refractivity contribution in [1.29, 1.82) is 0 Å². The second-order valence-corrected chi connectivity index (χ2v) is 7.03. The molecule has 0 saturated carbocycles. The van der Waals surface area contributed by atoms with Gasteiger partial charge in [0.15, 0.2) is 5.60 Å². The van der Waals surface area contributed by atoms with Crippen molar-refractivity contribution in [1.82, 2.24) is 0 Å². The van der Waals surface area contributed by atoms with Crippen LogP contribution in [0.15, 0.2) is 57.7 Å². The maximum Gasteiger partial charge on any atom is 0.350 e. The summed E-state index contributed by atoms with van der Waals surface area (Å²) in [6.45, 7) is 3.11. The van der Waals surface area contributed by atoms with Gasteiger partial charge in [-0.1, -0.05) is 11.6 Å². The lowest BCUT2D eigenvalue weighted by Gasteiger charge is -2.24. The number of methoxy groups -OCH3 is 1. The van der Waals surface area contributed by atoms with E-state index in [0.29, 0.717) is 33.1 Å². The van der Waals surface area contributed by atoms with E-state index < -0.39 is 17.2 Å². The standard InChI is InChI=1S/C21H19ClO6/c1-21(2,28-15-6-4-14(22)5-7-15)20(24)26-12-13-10-19(23)27-18-11-16(25-3)8-9-17(13)18/h4-11H,12H2,1-3H3. The SMILES string of the molecule is COc1ccc2c(COC(=O)C(C)(C)Oc3ccc(Cl)cc3)cc(=O)oc2c1. The van der Waals surface area contributed by atoms with Gasteiger partial charge < -0.3 is 18.6 Å². The molecule has 0 amide bonds. The van der Waals surface area contributed by atoms with Gasteiger partial charge in [-0.2, -0.15) is 0 Å². The van der Waals surface area contributed by atoms with Gasteiger partial charge in [-0.25, -0.2) is 9.59 Å². The maximum absolute atomic E-state index is 12.5. The van der Waals surface area contributed by atoms with E-state index in [-0.39, 0.29) is 6.61 Å². The van der Waals surface area contributed by atoms with Crippen molar-refractivity contribution in [2.75, 3.05) is 7.11 Å². The van der Waals surface area contributed by atoms with Crippen LogP contribution in [-0.4, -0.2) is 18.7 Å². The van der Waals surface area contributed by atoms with Crippen LogP contribution in [0, 0.1) is 0 Å². The number of carbonyl (C=O) groups excluding carboxylic acids is 1. The monoisotopic (exact) mass is 402 g/mol. The summed E-state index contributed by atoms with van der Waals surface area (Å²) in [6, 6.07) is 13.1. The Labute approximate surface area is 166 Å². The molecule has 0 aliphatic carbocycles. The summed E-state index contributed by atoms with van der Waals surface area (Å²) in [7, 11) is 1.52. The molecular formula is C21H19ClO6. The number of carbonyl (C=O) groups is 1. The molecular weight excluding hydrogens is 384 g/mol. The zero-order chi connectivity index (χ0) is 20.3. The highest BCUT2D eigenvalue weighted by atomic mass is 35.5. The second kappa shape index (κ2) is 7.94. The molecule has 146 valence electrons. The molecule has 2 aromatic carbocycles. The topological polar surface area (TPSA) is 75.0 Å². The molecule has 0 atom stereocenters. The molecule has 0 N–H and O–H groups in total. The summed E-state index contributed by atoms with van der Waals surface area (Å²) < 4.78 is 21.5. The molecule has 0 fully saturated rings. The number of hydrogen-bond donors (Lipinski definition) is 0. The van der Waals surface area contributed by atoms with Gasteiger partial charge >= 0.3 is 11.6 Å². The minimum absolute atomic E-state index is 0.0966. The third-order valence-corrected chi connectivity index (χ3v) is 4.33. The van der Waals surface area contributed by atoms with Crippen LogP contribution in [0.4, 0.5) is 0 Å². The smallest absolute Gasteiger partial charge is 0.350 e. The van der Waals surface area contributed by atoms with Gasteiger partial charge in [-0.3, -0.25) is 0 Å². The minimum Gasteiger partial charge on any atom is -0.497 e. The lowest BCUT2D eigenvalue weighted by molar-refractivity contribution is -0.160. The number of hydrogen-bond acceptors (Lipinski definition) is 6. The fourth-order valence-electron chi connectivity index (χ4n) is 2.61. The summed E-state index contributed by atoms with van der Waals surface area (Å²) in [5.41, 5.74) is -0.880. The minimum atomic E-state index is -1.23. The van der Waals surface area contributed by atoms with Crippen LogP contribution in [0.1, 0.15) is 19.4 Å². The van der Waals surface area contributed by atoms with Crippen LogP contribution < -0.4 is 15.1 Å². The fraction of sp³-hybridized carbons (Fsp3) is 0.238. The van der Waals surface area contributed by atoms with E-state index in [0.717, 1.165) is 0 Å². The van der Waals surface area contributed by atoms with Crippen molar-refractivity contribution in [2.24, 2.45) is 0 Å². The van der Waals surface area contributed by atoms with Crippen LogP contribution in [0.25, 0.3) is 11.0 Å². The van der Waals surface area contributed by atoms with Crippen LogP contribution in [0.5, 0.6) is 11.5 Å². The molecule has 3 rings (SSSR count). The van der Waals surface area contributed by atoms with Crippen LogP contribution >= 0.6 is 11.6 Å². The summed E-state index contributed by atoms with van der Waals surface area (Å²) in [5.74, 6) is 0.476. The first-order chi connectivity index (χ1) is 13.3. The van der Waals surface area contributed by atoms with E-state index in [4.69, 9.17) is 30.2 Å². The Hall–Kier alpha value is -2.99. The lowest BCUT2D eigenvalue weighted by Crippen LogP contribution is -2.39. The van der Waals surface area contributed by atoms with Crippen LogP contribution in [0.3, 0.4) is 0 Å². The van der Waals surface area contributed by atoms with Gasteiger partial charge in [0.25, 0.3) is 0 Å². The Balaban J connectivity index is 1.76. The molecule has 0 unspecified atom stereocenters. The third-order valence-electron chi connectivity index (χ3n) is 4.07. The Bertz CT molecular complexity index is 1050. The molecule has 0 spiro atoms. The molecule has 0 aliphatic rings. The number of ether oxygens (including phenoxy) is 3. The molecule has 6 nitrogen and oxygen atoms in total. The van der Waals surface area contributed by atoms with E-state index >= 15 is 0 Å². The Morgan fingerprint density at radius 3 is 2.43 bits per heavy atom. The van der Waals surface area contributed by atoms with Gasteiger partial charge in [-0.05, 0) is 50.2 Å². The Kier molecular flexibility index (Phi) is 5.61. The van der Waals surface area contributed by atoms with E-state index in [1.807, 2.05) is 0 Å². The number of esters is 1. The highest BCUT2D eigenvalue weighted by Gasteiger charge is 2.32. The van der Waals surface area contributed by atoms with Gasteiger partial charge in [0.2, 0.25) is 0 Å². The van der Waals surface area contributed by atoms with Crippen LogP contribution in [0.2, 0.25) is 5.02 Å². The van der Waals surface area contributed by atoms with E-state index in [1.54, 1.807) is 56.3 Å². The first kappa shape index (κ1) is 19.8. The van der Waals surface area contributed by atoms with Crippen molar-refractivity contribution < 1.29 is 23.4 Å². The van der Waals surface area contributed by atoms with Crippen molar-refractivity contribution in [2.45, 2.75) is 26.1 Å². The molecule has 0 bridgehead atoms. The molecule has 0 radical (unpaired) electrons. The first-order valence-electron chi connectivity index (χ1n) is 8.51. The molecule has 7 heteroatoms. The van der Waals surface area contributed by atoms with E-state index in [9.17, 15) is 9.59 Å². The van der Waals surface area contributed by atoms with Gasteiger partial charge in [-0.15, -0.1) is 0 Å². The lowest BCUT2D eigenvalue weighted by atomic mass is 10.1. The molecule has 3 aromatic rings. The van der Waals surface area contributed by atoms with Crippen molar-refractivity contribution in [3.63, 3.8) is 0 Å². The van der Waals surface area contributed by atoms with Gasteiger partial charge in [0.05, 0.1) is 7.11 Å². The average Bonchev–Trinajstić information content (AvgIpc) is 2.66. The molecule has 0 saturated heterocycles. The zero-order valence-corrected chi connectivity index (χ0v) is 16.4. The number of benzene rings is 2. The number of fused-ring (bicyclic) bond motifs is 1. The predicted molar refractivity (Wildman–Crippen MR) is 105 cm³/mol. The normalized spacial score (nSPS) is 11.3. The van der Waals surface area contributed by atoms with Crippen molar-refractivity contribution >= 4 is 28.5 Å². The van der Waals surface area contributed by atoms with E-state index in [1.165, 1.54) is 13.2 Å². The summed E-state index contributed by atoms with van der Waals surface area (Å²) in [4.78, 5) is 24.4. The molecule has 1 heterocycles. The fourth-order valence-corrected chi connectivity index (χ4v) is 2.74. The second-order valence-electron chi connectivity index (χ2n) is 6.60. The predicted octanol–water partition coefficient (Wildman–Crippen LogP) is 4.36. The molecule has 28 heavy (non-hydrogen) atoms. The largest absolute Gasteiger partial charge is 0.497 e. The maximum atomic E-state index is 12.5. The highest BCUT2D eigenvalue weighted by molar-refractivity contribution is 6.30. The number of halogens is 1. The van der Waals surface area contributed by atoms with Crippen LogP contribution in [-0.2, 0) is 16.1 Å². The number of rotatable bonds is 6. The zero-order valence-electron chi connectivity index (χ0n) is 15.7. The Morgan fingerprint density at radius 1 is 1.07 bits per heavy atom. The van der Waals surface area contributed by atoms with E-state index in [2.05, 4.69) is 0 Å². The summed E-state index contributed by atoms with van der Waals surface area (Å²) in [6.07, 6.45) is 0. The first-order valence-corrected chi connectivity index (χ1v) is 8.89.